The summed E-state index contributed by atoms with van der Waals surface area (Å²) in [5.74, 6) is 0.579. The molecule has 1 saturated heterocycles. The number of ether oxygens (including phenoxy) is 1. The van der Waals surface area contributed by atoms with Gasteiger partial charge in [-0.05, 0) is 24.6 Å². The van der Waals surface area contributed by atoms with Gasteiger partial charge >= 0.3 is 6.18 Å². The van der Waals surface area contributed by atoms with Gasteiger partial charge in [-0.15, -0.1) is 0 Å². The molecule has 124 valence electrons. The van der Waals surface area contributed by atoms with Gasteiger partial charge in [0.25, 0.3) is 0 Å². The molecule has 0 radical (unpaired) electrons. The molecule has 7 heteroatoms. The maximum Gasteiger partial charge on any atom is 0.389 e. The zero-order chi connectivity index (χ0) is 16.2. The molecule has 1 aromatic rings. The molecule has 3 nitrogen and oxygen atoms in total. The van der Waals surface area contributed by atoms with Crippen LogP contribution in [0.4, 0.5) is 13.2 Å². The van der Waals surface area contributed by atoms with E-state index in [4.69, 9.17) is 16.3 Å². The number of methoxy groups -OCH3 is 1. The average molecular weight is 337 g/mol. The van der Waals surface area contributed by atoms with Crippen molar-refractivity contribution in [1.82, 2.24) is 10.2 Å². The second-order valence-corrected chi connectivity index (χ2v) is 5.78. The van der Waals surface area contributed by atoms with E-state index in [2.05, 4.69) is 10.2 Å². The lowest BCUT2D eigenvalue weighted by Gasteiger charge is -2.36. The zero-order valence-corrected chi connectivity index (χ0v) is 13.2. The maximum absolute atomic E-state index is 12.7. The Labute approximate surface area is 133 Å². The molecule has 1 heterocycles. The molecule has 1 aliphatic heterocycles. The van der Waals surface area contributed by atoms with Crippen LogP contribution in [0.5, 0.6) is 5.75 Å². The fourth-order valence-electron chi connectivity index (χ4n) is 2.79. The van der Waals surface area contributed by atoms with E-state index in [1.807, 2.05) is 0 Å². The van der Waals surface area contributed by atoms with E-state index in [-0.39, 0.29) is 12.5 Å². The third-order valence-electron chi connectivity index (χ3n) is 3.84. The first-order chi connectivity index (χ1) is 10.4. The van der Waals surface area contributed by atoms with Gasteiger partial charge in [0, 0.05) is 49.2 Å². The second kappa shape index (κ2) is 7.53. The van der Waals surface area contributed by atoms with Crippen LogP contribution in [0.25, 0.3) is 0 Å². The minimum Gasteiger partial charge on any atom is -0.496 e. The molecule has 0 spiro atoms. The molecule has 22 heavy (non-hydrogen) atoms. The van der Waals surface area contributed by atoms with Gasteiger partial charge < -0.3 is 10.1 Å². The fraction of sp³-hybridized carbons (Fsp3) is 0.600. The third kappa shape index (κ3) is 4.76. The van der Waals surface area contributed by atoms with Crippen molar-refractivity contribution >= 4 is 11.6 Å². The lowest BCUT2D eigenvalue weighted by atomic mass is 9.98. The van der Waals surface area contributed by atoms with Crippen LogP contribution in [-0.2, 0) is 0 Å². The molecule has 1 aliphatic rings. The normalized spacial score (nSPS) is 18.2. The highest BCUT2D eigenvalue weighted by Gasteiger charge is 2.32. The van der Waals surface area contributed by atoms with Crippen molar-refractivity contribution in [2.24, 2.45) is 0 Å². The topological polar surface area (TPSA) is 24.5 Å². The molecule has 1 atom stereocenters. The third-order valence-corrected chi connectivity index (χ3v) is 4.08. The standard InChI is InChI=1S/C15H20ClF3N2O/c1-22-14-3-2-11(16)10-12(14)13(4-5-15(17,18)19)21-8-6-20-7-9-21/h2-3,10,13,20H,4-9H2,1H3/t13-/m1/s1. The number of hydrogen-bond acceptors (Lipinski definition) is 3. The fourth-order valence-corrected chi connectivity index (χ4v) is 2.98. The van der Waals surface area contributed by atoms with Gasteiger partial charge in [-0.3, -0.25) is 4.90 Å². The van der Waals surface area contributed by atoms with Gasteiger partial charge in [-0.25, -0.2) is 0 Å². The van der Waals surface area contributed by atoms with Gasteiger partial charge in [-0.2, -0.15) is 13.2 Å². The summed E-state index contributed by atoms with van der Waals surface area (Å²) in [6.07, 6.45) is -4.99. The highest BCUT2D eigenvalue weighted by molar-refractivity contribution is 6.30. The van der Waals surface area contributed by atoms with Crippen LogP contribution in [0, 0.1) is 0 Å². The summed E-state index contributed by atoms with van der Waals surface area (Å²) in [5, 5.41) is 3.71. The predicted molar refractivity (Wildman–Crippen MR) is 80.5 cm³/mol. The summed E-state index contributed by atoms with van der Waals surface area (Å²) in [4.78, 5) is 2.07. The number of nitrogens with zero attached hydrogens (tertiary/aromatic N) is 1. The van der Waals surface area contributed by atoms with Crippen LogP contribution in [0.3, 0.4) is 0 Å². The Morgan fingerprint density at radius 1 is 1.32 bits per heavy atom. The molecule has 1 fully saturated rings. The van der Waals surface area contributed by atoms with E-state index in [1.54, 1.807) is 18.2 Å². The van der Waals surface area contributed by atoms with Crippen LogP contribution in [0.15, 0.2) is 18.2 Å². The molecule has 0 unspecified atom stereocenters. The van der Waals surface area contributed by atoms with E-state index >= 15 is 0 Å². The summed E-state index contributed by atoms with van der Waals surface area (Å²) in [5.41, 5.74) is 0.723. The van der Waals surface area contributed by atoms with E-state index in [0.29, 0.717) is 23.9 Å². The SMILES string of the molecule is COc1ccc(Cl)cc1[C@@H](CCC(F)(F)F)N1CCNCC1. The number of rotatable bonds is 5. The van der Waals surface area contributed by atoms with Crippen molar-refractivity contribution in [3.05, 3.63) is 28.8 Å². The lowest BCUT2D eigenvalue weighted by Crippen LogP contribution is -2.45. The van der Waals surface area contributed by atoms with Gasteiger partial charge in [0.15, 0.2) is 0 Å². The van der Waals surface area contributed by atoms with Crippen LogP contribution < -0.4 is 10.1 Å². The molecular formula is C15H20ClF3N2O. The minimum atomic E-state index is -4.17. The summed E-state index contributed by atoms with van der Waals surface area (Å²) in [7, 11) is 1.52. The van der Waals surface area contributed by atoms with Crippen molar-refractivity contribution in [3.63, 3.8) is 0 Å². The molecule has 0 saturated carbocycles. The van der Waals surface area contributed by atoms with Crippen molar-refractivity contribution in [2.75, 3.05) is 33.3 Å². The monoisotopic (exact) mass is 336 g/mol. The number of halogens is 4. The van der Waals surface area contributed by atoms with Gasteiger partial charge in [-0.1, -0.05) is 11.6 Å². The largest absolute Gasteiger partial charge is 0.496 e. The number of nitrogens with one attached hydrogen (secondary N) is 1. The van der Waals surface area contributed by atoms with E-state index in [1.165, 1.54) is 7.11 Å². The Morgan fingerprint density at radius 3 is 2.59 bits per heavy atom. The molecule has 1 N–H and O–H groups in total. The summed E-state index contributed by atoms with van der Waals surface area (Å²) >= 11 is 6.04. The number of hydrogen-bond donors (Lipinski definition) is 1. The Kier molecular flexibility index (Phi) is 5.94. The first-order valence-corrected chi connectivity index (χ1v) is 7.63. The van der Waals surface area contributed by atoms with Crippen molar-refractivity contribution in [1.29, 1.82) is 0 Å². The Hall–Kier alpha value is -0.980. The van der Waals surface area contributed by atoms with E-state index in [9.17, 15) is 13.2 Å². The van der Waals surface area contributed by atoms with Crippen molar-refractivity contribution in [2.45, 2.75) is 25.1 Å². The lowest BCUT2D eigenvalue weighted by molar-refractivity contribution is -0.138. The smallest absolute Gasteiger partial charge is 0.389 e. The average Bonchev–Trinajstić information content (AvgIpc) is 2.48. The quantitative estimate of drug-likeness (QED) is 0.888. The number of alkyl halides is 3. The van der Waals surface area contributed by atoms with Gasteiger partial charge in [0.1, 0.15) is 5.75 Å². The summed E-state index contributed by atoms with van der Waals surface area (Å²) in [6, 6.07) is 4.75. The van der Waals surface area contributed by atoms with Crippen molar-refractivity contribution in [3.8, 4) is 5.75 Å². The van der Waals surface area contributed by atoms with Crippen LogP contribution in [-0.4, -0.2) is 44.4 Å². The van der Waals surface area contributed by atoms with Crippen LogP contribution in [0.1, 0.15) is 24.4 Å². The molecule has 2 rings (SSSR count). The minimum absolute atomic E-state index is 0.000201. The number of benzene rings is 1. The predicted octanol–water partition coefficient (Wildman–Crippen LogP) is 3.64. The molecule has 0 aliphatic carbocycles. The van der Waals surface area contributed by atoms with E-state index < -0.39 is 12.6 Å². The first kappa shape index (κ1) is 17.4. The zero-order valence-electron chi connectivity index (χ0n) is 12.4. The summed E-state index contributed by atoms with van der Waals surface area (Å²) in [6.45, 7) is 2.95. The van der Waals surface area contributed by atoms with Gasteiger partial charge in [0.05, 0.1) is 7.11 Å². The van der Waals surface area contributed by atoms with Crippen LogP contribution >= 0.6 is 11.6 Å². The molecule has 1 aromatic carbocycles. The molecule has 0 bridgehead atoms. The molecular weight excluding hydrogens is 317 g/mol. The maximum atomic E-state index is 12.7. The highest BCUT2D eigenvalue weighted by Crippen LogP contribution is 2.37. The van der Waals surface area contributed by atoms with Gasteiger partial charge in [0.2, 0.25) is 0 Å². The molecule has 0 amide bonds. The summed E-state index contributed by atoms with van der Waals surface area (Å²) < 4.78 is 43.3. The Bertz CT molecular complexity index is 490. The number of piperazine rings is 1. The Morgan fingerprint density at radius 2 is 2.00 bits per heavy atom. The van der Waals surface area contributed by atoms with E-state index in [0.717, 1.165) is 18.7 Å². The highest BCUT2D eigenvalue weighted by atomic mass is 35.5. The Balaban J connectivity index is 2.28. The molecule has 0 aromatic heterocycles. The van der Waals surface area contributed by atoms with Crippen LogP contribution in [0.2, 0.25) is 5.02 Å². The second-order valence-electron chi connectivity index (χ2n) is 5.34. The van der Waals surface area contributed by atoms with Crippen molar-refractivity contribution < 1.29 is 17.9 Å². The first-order valence-electron chi connectivity index (χ1n) is 7.25.